The molecule has 0 aromatic carbocycles. The second kappa shape index (κ2) is 6.06. The molecule has 0 unspecified atom stereocenters. The summed E-state index contributed by atoms with van der Waals surface area (Å²) in [5.41, 5.74) is 2.52. The smallest absolute Gasteiger partial charge is 0.240 e. The third-order valence-corrected chi connectivity index (χ3v) is 4.32. The van der Waals surface area contributed by atoms with Gasteiger partial charge in [0.05, 0.1) is 11.7 Å². The standard InChI is InChI=1S/C13H17N7S/c1-2-9-7-10-11(16-4-6-20-5-3-15-8-20)17-13(19-14)18-12(10)21-9/h3,5,7-8H,2,4,6,14H2,1H3,(H2,16,17,18,19). The number of thiophene rings is 1. The molecule has 21 heavy (non-hydrogen) atoms. The second-order valence-electron chi connectivity index (χ2n) is 4.55. The Morgan fingerprint density at radius 1 is 1.38 bits per heavy atom. The van der Waals surface area contributed by atoms with Crippen LogP contribution in [0.2, 0.25) is 0 Å². The van der Waals surface area contributed by atoms with Crippen LogP contribution in [0.25, 0.3) is 10.2 Å². The summed E-state index contributed by atoms with van der Waals surface area (Å²) in [7, 11) is 0. The van der Waals surface area contributed by atoms with Gasteiger partial charge in [-0.2, -0.15) is 4.98 Å². The van der Waals surface area contributed by atoms with Gasteiger partial charge in [0.15, 0.2) is 0 Å². The highest BCUT2D eigenvalue weighted by atomic mass is 32.1. The summed E-state index contributed by atoms with van der Waals surface area (Å²) in [6.45, 7) is 3.71. The van der Waals surface area contributed by atoms with Crippen LogP contribution in [0.3, 0.4) is 0 Å². The van der Waals surface area contributed by atoms with Gasteiger partial charge in [-0.25, -0.2) is 15.8 Å². The SMILES string of the molecule is CCc1cc2c(NCCn3ccnc3)nc(NN)nc2s1. The third-order valence-electron chi connectivity index (χ3n) is 3.14. The Morgan fingerprint density at radius 2 is 2.29 bits per heavy atom. The van der Waals surface area contributed by atoms with Gasteiger partial charge in [-0.15, -0.1) is 11.3 Å². The summed E-state index contributed by atoms with van der Waals surface area (Å²) in [5.74, 6) is 6.68. The number of fused-ring (bicyclic) bond motifs is 1. The van der Waals surface area contributed by atoms with Crippen molar-refractivity contribution in [3.8, 4) is 0 Å². The lowest BCUT2D eigenvalue weighted by atomic mass is 10.3. The van der Waals surface area contributed by atoms with E-state index in [9.17, 15) is 0 Å². The summed E-state index contributed by atoms with van der Waals surface area (Å²) in [6, 6.07) is 2.14. The molecule has 0 bridgehead atoms. The van der Waals surface area contributed by atoms with Gasteiger partial charge in [0.2, 0.25) is 5.95 Å². The Labute approximate surface area is 126 Å². The van der Waals surface area contributed by atoms with E-state index in [1.54, 1.807) is 23.9 Å². The average molecular weight is 303 g/mol. The van der Waals surface area contributed by atoms with E-state index >= 15 is 0 Å². The molecule has 8 heteroatoms. The average Bonchev–Trinajstić information content (AvgIpc) is 3.15. The predicted octanol–water partition coefficient (Wildman–Crippen LogP) is 1.85. The van der Waals surface area contributed by atoms with Crippen molar-refractivity contribution in [1.29, 1.82) is 0 Å². The quantitative estimate of drug-likeness (QED) is 0.475. The van der Waals surface area contributed by atoms with E-state index in [0.29, 0.717) is 5.95 Å². The fourth-order valence-electron chi connectivity index (χ4n) is 2.07. The number of anilines is 2. The van der Waals surface area contributed by atoms with Gasteiger partial charge in [-0.05, 0) is 12.5 Å². The highest BCUT2D eigenvalue weighted by Crippen LogP contribution is 2.30. The summed E-state index contributed by atoms with van der Waals surface area (Å²) >= 11 is 1.67. The van der Waals surface area contributed by atoms with Crippen LogP contribution >= 0.6 is 11.3 Å². The van der Waals surface area contributed by atoms with Crippen molar-refractivity contribution in [2.45, 2.75) is 19.9 Å². The van der Waals surface area contributed by atoms with E-state index in [1.165, 1.54) is 4.88 Å². The Hall–Kier alpha value is -2.19. The number of nitrogens with one attached hydrogen (secondary N) is 2. The lowest BCUT2D eigenvalue weighted by Gasteiger charge is -2.08. The van der Waals surface area contributed by atoms with Gasteiger partial charge >= 0.3 is 0 Å². The molecule has 0 aliphatic carbocycles. The number of hydrazine groups is 1. The van der Waals surface area contributed by atoms with Crippen LogP contribution < -0.4 is 16.6 Å². The number of aryl methyl sites for hydroxylation is 1. The first-order chi connectivity index (χ1) is 10.3. The molecule has 0 atom stereocenters. The molecule has 0 saturated carbocycles. The first-order valence-corrected chi connectivity index (χ1v) is 7.58. The Balaban J connectivity index is 1.83. The first-order valence-electron chi connectivity index (χ1n) is 6.77. The Morgan fingerprint density at radius 3 is 3.00 bits per heavy atom. The molecule has 0 saturated heterocycles. The van der Waals surface area contributed by atoms with E-state index in [0.717, 1.165) is 35.5 Å². The molecule has 4 N–H and O–H groups in total. The molecular formula is C13H17N7S. The first kappa shape index (κ1) is 13.8. The Bertz CT molecular complexity index is 720. The van der Waals surface area contributed by atoms with Crippen LogP contribution in [-0.2, 0) is 13.0 Å². The van der Waals surface area contributed by atoms with Crippen LogP contribution in [0, 0.1) is 0 Å². The lowest BCUT2D eigenvalue weighted by Crippen LogP contribution is -2.14. The largest absolute Gasteiger partial charge is 0.368 e. The minimum Gasteiger partial charge on any atom is -0.368 e. The van der Waals surface area contributed by atoms with E-state index in [1.807, 2.05) is 10.8 Å². The van der Waals surface area contributed by atoms with E-state index in [-0.39, 0.29) is 0 Å². The molecule has 0 amide bonds. The van der Waals surface area contributed by atoms with Crippen molar-refractivity contribution >= 4 is 33.3 Å². The van der Waals surface area contributed by atoms with Gasteiger partial charge in [-0.3, -0.25) is 5.43 Å². The van der Waals surface area contributed by atoms with Gasteiger partial charge < -0.3 is 9.88 Å². The van der Waals surface area contributed by atoms with Crippen molar-refractivity contribution < 1.29 is 0 Å². The molecular weight excluding hydrogens is 286 g/mol. The zero-order valence-corrected chi connectivity index (χ0v) is 12.5. The zero-order chi connectivity index (χ0) is 14.7. The van der Waals surface area contributed by atoms with Crippen LogP contribution in [0.15, 0.2) is 24.8 Å². The van der Waals surface area contributed by atoms with Crippen molar-refractivity contribution in [1.82, 2.24) is 19.5 Å². The fourth-order valence-corrected chi connectivity index (χ4v) is 3.03. The highest BCUT2D eigenvalue weighted by molar-refractivity contribution is 7.18. The van der Waals surface area contributed by atoms with Gasteiger partial charge in [-0.1, -0.05) is 6.92 Å². The number of nitrogens with zero attached hydrogens (tertiary/aromatic N) is 4. The minimum atomic E-state index is 0.428. The summed E-state index contributed by atoms with van der Waals surface area (Å²) < 4.78 is 2.01. The van der Waals surface area contributed by atoms with Crippen molar-refractivity contribution in [2.75, 3.05) is 17.3 Å². The number of nitrogens with two attached hydrogens (primary N) is 1. The number of nitrogen functional groups attached to an aromatic ring is 1. The summed E-state index contributed by atoms with van der Waals surface area (Å²) in [4.78, 5) is 15.1. The molecule has 0 radical (unpaired) electrons. The third kappa shape index (κ3) is 2.96. The van der Waals surface area contributed by atoms with Gasteiger partial charge in [0.25, 0.3) is 0 Å². The van der Waals surface area contributed by atoms with Crippen LogP contribution in [0.5, 0.6) is 0 Å². The summed E-state index contributed by atoms with van der Waals surface area (Å²) in [6.07, 6.45) is 6.49. The topological polar surface area (TPSA) is 93.7 Å². The molecule has 3 aromatic heterocycles. The van der Waals surface area contributed by atoms with E-state index in [4.69, 9.17) is 5.84 Å². The van der Waals surface area contributed by atoms with Crippen LogP contribution in [-0.4, -0.2) is 26.1 Å². The maximum absolute atomic E-state index is 5.44. The normalized spacial score (nSPS) is 11.0. The zero-order valence-electron chi connectivity index (χ0n) is 11.7. The second-order valence-corrected chi connectivity index (χ2v) is 5.67. The molecule has 3 heterocycles. The fraction of sp³-hybridized carbons (Fsp3) is 0.308. The predicted molar refractivity (Wildman–Crippen MR) is 85.3 cm³/mol. The van der Waals surface area contributed by atoms with Crippen molar-refractivity contribution in [2.24, 2.45) is 5.84 Å². The van der Waals surface area contributed by atoms with Crippen LogP contribution in [0.1, 0.15) is 11.8 Å². The minimum absolute atomic E-state index is 0.428. The molecule has 0 fully saturated rings. The highest BCUT2D eigenvalue weighted by Gasteiger charge is 2.10. The van der Waals surface area contributed by atoms with E-state index < -0.39 is 0 Å². The maximum Gasteiger partial charge on any atom is 0.240 e. The molecule has 0 aliphatic heterocycles. The van der Waals surface area contributed by atoms with Crippen molar-refractivity contribution in [3.05, 3.63) is 29.7 Å². The number of rotatable bonds is 6. The molecule has 3 aromatic rings. The number of hydrogen-bond donors (Lipinski definition) is 3. The molecule has 0 aliphatic rings. The Kier molecular flexibility index (Phi) is 3.98. The molecule has 7 nitrogen and oxygen atoms in total. The van der Waals surface area contributed by atoms with Gasteiger partial charge in [0, 0.05) is 30.4 Å². The number of hydrogen-bond acceptors (Lipinski definition) is 7. The summed E-state index contributed by atoms with van der Waals surface area (Å²) in [5, 5.41) is 4.39. The molecule has 3 rings (SSSR count). The molecule has 0 spiro atoms. The van der Waals surface area contributed by atoms with Crippen LogP contribution in [0.4, 0.5) is 11.8 Å². The number of imidazole rings is 1. The number of aromatic nitrogens is 4. The van der Waals surface area contributed by atoms with E-state index in [2.05, 4.69) is 38.7 Å². The maximum atomic E-state index is 5.44. The van der Waals surface area contributed by atoms with Gasteiger partial charge in [0.1, 0.15) is 10.6 Å². The monoisotopic (exact) mass is 303 g/mol. The lowest BCUT2D eigenvalue weighted by molar-refractivity contribution is 0.726. The van der Waals surface area contributed by atoms with Crippen molar-refractivity contribution in [3.63, 3.8) is 0 Å². The molecule has 110 valence electrons.